The first-order valence-corrected chi connectivity index (χ1v) is 8.32. The largest absolute Gasteiger partial charge is 0.433 e. The van der Waals surface area contributed by atoms with E-state index >= 15 is 0 Å². The number of amides is 1. The van der Waals surface area contributed by atoms with Crippen molar-refractivity contribution in [3.8, 4) is 0 Å². The van der Waals surface area contributed by atoms with Crippen molar-refractivity contribution in [1.82, 2.24) is 10.3 Å². The van der Waals surface area contributed by atoms with Gasteiger partial charge in [0.1, 0.15) is 5.69 Å². The van der Waals surface area contributed by atoms with Crippen LogP contribution in [-0.4, -0.2) is 36.4 Å². The van der Waals surface area contributed by atoms with Crippen LogP contribution < -0.4 is 5.32 Å². The van der Waals surface area contributed by atoms with Gasteiger partial charge >= 0.3 is 6.18 Å². The van der Waals surface area contributed by atoms with Crippen LogP contribution in [0.25, 0.3) is 0 Å². The summed E-state index contributed by atoms with van der Waals surface area (Å²) in [5.41, 5.74) is -2.04. The Labute approximate surface area is 125 Å². The van der Waals surface area contributed by atoms with E-state index in [4.69, 9.17) is 0 Å². The molecule has 0 spiro atoms. The Balaban J connectivity index is 2.21. The lowest BCUT2D eigenvalue weighted by atomic mass is 10.0. The van der Waals surface area contributed by atoms with Crippen LogP contribution in [0.2, 0.25) is 0 Å². The standard InChI is InChI=1S/C13H15F3N2O3S/c1-8-9(3-4-10(17-8)13(14,15)16)11(19)18-12(2)5-6-22(20,21)7-12/h3-4H,5-7H2,1-2H3,(H,18,19)/t12-/m1/s1. The first-order valence-electron chi connectivity index (χ1n) is 6.50. The van der Waals surface area contributed by atoms with Crippen molar-refractivity contribution >= 4 is 15.7 Å². The Bertz CT molecular complexity index is 716. The molecule has 0 saturated carbocycles. The van der Waals surface area contributed by atoms with Gasteiger partial charge in [0.25, 0.3) is 5.91 Å². The molecule has 1 N–H and O–H groups in total. The average Bonchev–Trinajstić information content (AvgIpc) is 2.61. The molecule has 1 amide bonds. The summed E-state index contributed by atoms with van der Waals surface area (Å²) >= 11 is 0. The van der Waals surface area contributed by atoms with Crippen LogP contribution in [0.4, 0.5) is 13.2 Å². The van der Waals surface area contributed by atoms with E-state index in [1.54, 1.807) is 6.92 Å². The number of alkyl halides is 3. The van der Waals surface area contributed by atoms with Gasteiger partial charge in [0.15, 0.2) is 9.84 Å². The molecule has 22 heavy (non-hydrogen) atoms. The van der Waals surface area contributed by atoms with Gasteiger partial charge in [0.05, 0.1) is 28.3 Å². The van der Waals surface area contributed by atoms with Crippen LogP contribution in [0.3, 0.4) is 0 Å². The van der Waals surface area contributed by atoms with Crippen molar-refractivity contribution in [2.45, 2.75) is 32.0 Å². The summed E-state index contributed by atoms with van der Waals surface area (Å²) in [5.74, 6) is -0.828. The zero-order valence-electron chi connectivity index (χ0n) is 12.0. The van der Waals surface area contributed by atoms with Gasteiger partial charge in [-0.3, -0.25) is 4.79 Å². The minimum Gasteiger partial charge on any atom is -0.346 e. The summed E-state index contributed by atoms with van der Waals surface area (Å²) in [6, 6.07) is 1.78. The van der Waals surface area contributed by atoms with Gasteiger partial charge in [0, 0.05) is 0 Å². The number of hydrogen-bond donors (Lipinski definition) is 1. The van der Waals surface area contributed by atoms with Crippen LogP contribution in [0.1, 0.15) is 35.1 Å². The summed E-state index contributed by atoms with van der Waals surface area (Å²) in [6.45, 7) is 2.90. The van der Waals surface area contributed by atoms with Crippen LogP contribution in [-0.2, 0) is 16.0 Å². The Kier molecular flexibility index (Phi) is 3.97. The predicted octanol–water partition coefficient (Wildman–Crippen LogP) is 1.72. The van der Waals surface area contributed by atoms with Crippen molar-refractivity contribution in [1.29, 1.82) is 0 Å². The van der Waals surface area contributed by atoms with Gasteiger partial charge in [-0.1, -0.05) is 0 Å². The maximum Gasteiger partial charge on any atom is 0.433 e. The minimum atomic E-state index is -4.58. The highest BCUT2D eigenvalue weighted by Crippen LogP contribution is 2.28. The molecule has 122 valence electrons. The van der Waals surface area contributed by atoms with E-state index in [0.717, 1.165) is 12.1 Å². The summed E-state index contributed by atoms with van der Waals surface area (Å²) < 4.78 is 60.6. The van der Waals surface area contributed by atoms with Crippen molar-refractivity contribution in [2.24, 2.45) is 0 Å². The number of aryl methyl sites for hydroxylation is 1. The van der Waals surface area contributed by atoms with Crippen LogP contribution in [0.15, 0.2) is 12.1 Å². The number of carbonyl (C=O) groups excluding carboxylic acids is 1. The Hall–Kier alpha value is -1.64. The first-order chi connectivity index (χ1) is 9.92. The second kappa shape index (κ2) is 5.22. The molecule has 5 nitrogen and oxygen atoms in total. The maximum absolute atomic E-state index is 12.5. The zero-order valence-corrected chi connectivity index (χ0v) is 12.8. The molecule has 0 aliphatic carbocycles. The summed E-state index contributed by atoms with van der Waals surface area (Å²) in [6.07, 6.45) is -4.31. The fourth-order valence-corrected chi connectivity index (χ4v) is 4.50. The molecular weight excluding hydrogens is 321 g/mol. The first kappa shape index (κ1) is 16.7. The lowest BCUT2D eigenvalue weighted by Gasteiger charge is -2.24. The van der Waals surface area contributed by atoms with Crippen molar-refractivity contribution < 1.29 is 26.4 Å². The highest BCUT2D eigenvalue weighted by Gasteiger charge is 2.40. The number of halogens is 3. The number of hydrogen-bond acceptors (Lipinski definition) is 4. The van der Waals surface area contributed by atoms with Crippen LogP contribution in [0.5, 0.6) is 0 Å². The van der Waals surface area contributed by atoms with Gasteiger partial charge in [-0.05, 0) is 32.4 Å². The van der Waals surface area contributed by atoms with Gasteiger partial charge in [-0.2, -0.15) is 13.2 Å². The van der Waals surface area contributed by atoms with E-state index in [1.807, 2.05) is 0 Å². The topological polar surface area (TPSA) is 76.1 Å². The zero-order chi connectivity index (χ0) is 16.8. The fourth-order valence-electron chi connectivity index (χ4n) is 2.41. The van der Waals surface area contributed by atoms with E-state index in [9.17, 15) is 26.4 Å². The van der Waals surface area contributed by atoms with Crippen molar-refractivity contribution in [2.75, 3.05) is 11.5 Å². The molecular formula is C13H15F3N2O3S. The Morgan fingerprint density at radius 2 is 2.00 bits per heavy atom. The highest BCUT2D eigenvalue weighted by atomic mass is 32.2. The number of pyridine rings is 1. The second-order valence-corrected chi connectivity index (χ2v) is 7.87. The van der Waals surface area contributed by atoms with Gasteiger partial charge in [0.2, 0.25) is 0 Å². The second-order valence-electron chi connectivity index (χ2n) is 5.68. The lowest BCUT2D eigenvalue weighted by Crippen LogP contribution is -2.47. The van der Waals surface area contributed by atoms with E-state index < -0.39 is 33.2 Å². The van der Waals surface area contributed by atoms with Gasteiger partial charge in [-0.25, -0.2) is 13.4 Å². The molecule has 0 unspecified atom stereocenters. The SMILES string of the molecule is Cc1nc(C(F)(F)F)ccc1C(=O)N[C@]1(C)CCS(=O)(=O)C1. The molecule has 1 aliphatic heterocycles. The number of aromatic nitrogens is 1. The predicted molar refractivity (Wildman–Crippen MR) is 73.1 cm³/mol. The maximum atomic E-state index is 12.5. The smallest absolute Gasteiger partial charge is 0.346 e. The average molecular weight is 336 g/mol. The third-order valence-corrected chi connectivity index (χ3v) is 5.44. The summed E-state index contributed by atoms with van der Waals surface area (Å²) in [4.78, 5) is 15.6. The third kappa shape index (κ3) is 3.57. The molecule has 9 heteroatoms. The minimum absolute atomic E-state index is 0.00137. The quantitative estimate of drug-likeness (QED) is 0.892. The monoisotopic (exact) mass is 336 g/mol. The summed E-state index contributed by atoms with van der Waals surface area (Å²) in [5, 5.41) is 2.59. The van der Waals surface area contributed by atoms with E-state index in [2.05, 4.69) is 10.3 Å². The molecule has 2 heterocycles. The fraction of sp³-hybridized carbons (Fsp3) is 0.538. The number of rotatable bonds is 2. The molecule has 1 aromatic heterocycles. The Morgan fingerprint density at radius 1 is 1.36 bits per heavy atom. The summed E-state index contributed by atoms with van der Waals surface area (Å²) in [7, 11) is -3.20. The molecule has 1 fully saturated rings. The van der Waals surface area contributed by atoms with Gasteiger partial charge in [-0.15, -0.1) is 0 Å². The third-order valence-electron chi connectivity index (χ3n) is 3.54. The molecule has 0 radical (unpaired) electrons. The number of nitrogens with one attached hydrogen (secondary N) is 1. The van der Waals surface area contributed by atoms with Crippen molar-refractivity contribution in [3.05, 3.63) is 29.1 Å². The number of sulfone groups is 1. The van der Waals surface area contributed by atoms with Crippen molar-refractivity contribution in [3.63, 3.8) is 0 Å². The van der Waals surface area contributed by atoms with Crippen LogP contribution >= 0.6 is 0 Å². The van der Waals surface area contributed by atoms with E-state index in [-0.39, 0.29) is 29.2 Å². The molecule has 0 aromatic carbocycles. The molecule has 2 rings (SSSR count). The normalized spacial score (nSPS) is 24.2. The molecule has 0 bridgehead atoms. The molecule has 1 aliphatic rings. The molecule has 1 atom stereocenters. The number of carbonyl (C=O) groups is 1. The highest BCUT2D eigenvalue weighted by molar-refractivity contribution is 7.91. The van der Waals surface area contributed by atoms with Gasteiger partial charge < -0.3 is 5.32 Å². The van der Waals surface area contributed by atoms with E-state index in [1.165, 1.54) is 6.92 Å². The molecule has 1 aromatic rings. The molecule has 1 saturated heterocycles. The Morgan fingerprint density at radius 3 is 2.45 bits per heavy atom. The number of nitrogens with zero attached hydrogens (tertiary/aromatic N) is 1. The van der Waals surface area contributed by atoms with E-state index in [0.29, 0.717) is 0 Å². The lowest BCUT2D eigenvalue weighted by molar-refractivity contribution is -0.141. The van der Waals surface area contributed by atoms with Crippen LogP contribution in [0, 0.1) is 6.92 Å².